The number of carbonyl (C=O) groups is 1. The first-order valence-corrected chi connectivity index (χ1v) is 6.38. The Balaban J connectivity index is 3.13. The smallest absolute Gasteiger partial charge is 0.330 e. The van der Waals surface area contributed by atoms with E-state index in [2.05, 4.69) is 18.7 Å². The molecule has 0 spiro atoms. The van der Waals surface area contributed by atoms with E-state index in [9.17, 15) is 4.79 Å². The van der Waals surface area contributed by atoms with E-state index in [1.54, 1.807) is 0 Å². The first-order valence-electron chi connectivity index (χ1n) is 6.38. The van der Waals surface area contributed by atoms with Gasteiger partial charge in [0.25, 0.3) is 0 Å². The van der Waals surface area contributed by atoms with Crippen LogP contribution in [0.15, 0.2) is 37.0 Å². The zero-order valence-electron chi connectivity index (χ0n) is 10.9. The average molecular weight is 236 g/mol. The fraction of sp³-hybridized carbons (Fsp3) is 0.533. The number of hydrogen-bond acceptors (Lipinski definition) is 2. The lowest BCUT2D eigenvalue weighted by Gasteiger charge is -2.01. The maximum absolute atomic E-state index is 10.7. The van der Waals surface area contributed by atoms with Crippen LogP contribution in [0.25, 0.3) is 0 Å². The van der Waals surface area contributed by atoms with Crippen LogP contribution in [0.4, 0.5) is 0 Å². The molecule has 2 nitrogen and oxygen atoms in total. The van der Waals surface area contributed by atoms with Crippen LogP contribution in [0.1, 0.15) is 45.4 Å². The fourth-order valence-corrected chi connectivity index (χ4v) is 1.41. The highest BCUT2D eigenvalue weighted by molar-refractivity contribution is 5.81. The summed E-state index contributed by atoms with van der Waals surface area (Å²) >= 11 is 0. The summed E-state index contributed by atoms with van der Waals surface area (Å²) in [5.41, 5.74) is 0. The highest BCUT2D eigenvalue weighted by Gasteiger charge is 1.94. The molecule has 0 unspecified atom stereocenters. The van der Waals surface area contributed by atoms with E-state index in [1.165, 1.54) is 25.3 Å². The van der Waals surface area contributed by atoms with Crippen molar-refractivity contribution in [2.24, 2.45) is 0 Å². The van der Waals surface area contributed by atoms with Gasteiger partial charge in [-0.05, 0) is 26.2 Å². The Hall–Kier alpha value is -1.31. The van der Waals surface area contributed by atoms with Gasteiger partial charge in [0, 0.05) is 6.08 Å². The minimum atomic E-state index is -0.320. The van der Waals surface area contributed by atoms with Crippen molar-refractivity contribution in [1.29, 1.82) is 0 Å². The molecule has 0 atom stereocenters. The highest BCUT2D eigenvalue weighted by Crippen LogP contribution is 2.06. The van der Waals surface area contributed by atoms with Crippen LogP contribution < -0.4 is 0 Å². The molecular formula is C15H24O2. The van der Waals surface area contributed by atoms with E-state index >= 15 is 0 Å². The Bertz CT molecular complexity index is 252. The Morgan fingerprint density at radius 1 is 1.12 bits per heavy atom. The second kappa shape index (κ2) is 12.8. The van der Waals surface area contributed by atoms with Crippen molar-refractivity contribution >= 4 is 5.97 Å². The molecule has 0 aromatic carbocycles. The van der Waals surface area contributed by atoms with Gasteiger partial charge in [0.1, 0.15) is 0 Å². The lowest BCUT2D eigenvalue weighted by molar-refractivity contribution is -0.137. The van der Waals surface area contributed by atoms with Gasteiger partial charge in [-0.1, -0.05) is 50.1 Å². The van der Waals surface area contributed by atoms with Crippen molar-refractivity contribution in [3.63, 3.8) is 0 Å². The number of unbranched alkanes of at least 4 members (excludes halogenated alkanes) is 5. The van der Waals surface area contributed by atoms with Crippen molar-refractivity contribution in [3.05, 3.63) is 37.0 Å². The molecule has 0 aromatic rings. The van der Waals surface area contributed by atoms with E-state index in [1.807, 2.05) is 19.1 Å². The van der Waals surface area contributed by atoms with Gasteiger partial charge in [0.15, 0.2) is 0 Å². The van der Waals surface area contributed by atoms with Gasteiger partial charge >= 0.3 is 5.97 Å². The molecule has 0 amide bonds. The summed E-state index contributed by atoms with van der Waals surface area (Å²) in [4.78, 5) is 10.7. The molecule has 17 heavy (non-hydrogen) atoms. The number of esters is 1. The van der Waals surface area contributed by atoms with Gasteiger partial charge in [-0.2, -0.15) is 0 Å². The molecule has 2 heteroatoms. The molecule has 0 rings (SSSR count). The van der Waals surface area contributed by atoms with Crippen molar-refractivity contribution in [2.75, 3.05) is 6.61 Å². The molecule has 0 saturated carbocycles. The lowest BCUT2D eigenvalue weighted by atomic mass is 10.1. The van der Waals surface area contributed by atoms with Gasteiger partial charge in [-0.15, -0.1) is 0 Å². The summed E-state index contributed by atoms with van der Waals surface area (Å²) in [6, 6.07) is 0. The highest BCUT2D eigenvalue weighted by atomic mass is 16.5. The van der Waals surface area contributed by atoms with E-state index < -0.39 is 0 Å². The van der Waals surface area contributed by atoms with E-state index in [4.69, 9.17) is 4.74 Å². The van der Waals surface area contributed by atoms with Crippen molar-refractivity contribution in [2.45, 2.75) is 45.4 Å². The third-order valence-corrected chi connectivity index (χ3v) is 2.37. The molecule has 0 N–H and O–H groups in total. The molecule has 0 aromatic heterocycles. The van der Waals surface area contributed by atoms with Crippen LogP contribution in [0.2, 0.25) is 0 Å². The molecule has 0 aliphatic heterocycles. The monoisotopic (exact) mass is 236 g/mol. The Kier molecular flexibility index (Phi) is 11.8. The quantitative estimate of drug-likeness (QED) is 0.246. The molecule has 0 saturated heterocycles. The van der Waals surface area contributed by atoms with Gasteiger partial charge in [0.2, 0.25) is 0 Å². The summed E-state index contributed by atoms with van der Waals surface area (Å²) < 4.78 is 4.89. The van der Waals surface area contributed by atoms with Crippen LogP contribution in [-0.2, 0) is 9.53 Å². The second-order valence-electron chi connectivity index (χ2n) is 3.88. The van der Waals surface area contributed by atoms with Gasteiger partial charge in [-0.25, -0.2) is 4.79 Å². The predicted molar refractivity (Wildman–Crippen MR) is 72.8 cm³/mol. The predicted octanol–water partition coefficient (Wildman–Crippen LogP) is 4.19. The number of carbonyl (C=O) groups excluding carboxylic acids is 1. The average Bonchev–Trinajstić information content (AvgIpc) is 2.35. The third-order valence-electron chi connectivity index (χ3n) is 2.37. The van der Waals surface area contributed by atoms with Crippen molar-refractivity contribution < 1.29 is 9.53 Å². The molecule has 0 bridgehead atoms. The molecule has 0 aliphatic rings. The fourth-order valence-electron chi connectivity index (χ4n) is 1.41. The van der Waals surface area contributed by atoms with Gasteiger partial charge < -0.3 is 4.74 Å². The Morgan fingerprint density at radius 2 is 1.82 bits per heavy atom. The zero-order valence-corrected chi connectivity index (χ0v) is 10.9. The Labute approximate surface area is 105 Å². The van der Waals surface area contributed by atoms with Gasteiger partial charge in [-0.3, -0.25) is 0 Å². The summed E-state index contributed by atoms with van der Waals surface area (Å²) in [6.45, 7) is 5.88. The SMILES string of the molecule is C=CC(=O)OCCCCCCCC=CC=CC. The number of rotatable bonds is 10. The largest absolute Gasteiger partial charge is 0.463 e. The molecule has 0 radical (unpaired) electrons. The zero-order chi connectivity index (χ0) is 12.8. The van der Waals surface area contributed by atoms with Crippen molar-refractivity contribution in [1.82, 2.24) is 0 Å². The minimum Gasteiger partial charge on any atom is -0.463 e. The maximum Gasteiger partial charge on any atom is 0.330 e. The first kappa shape index (κ1) is 15.7. The number of hydrogen-bond donors (Lipinski definition) is 0. The van der Waals surface area contributed by atoms with Crippen LogP contribution in [-0.4, -0.2) is 12.6 Å². The maximum atomic E-state index is 10.7. The van der Waals surface area contributed by atoms with Crippen LogP contribution in [0.5, 0.6) is 0 Å². The summed E-state index contributed by atoms with van der Waals surface area (Å²) in [5.74, 6) is -0.320. The third kappa shape index (κ3) is 12.6. The minimum absolute atomic E-state index is 0.320. The Morgan fingerprint density at radius 3 is 2.53 bits per heavy atom. The normalized spacial score (nSPS) is 11.1. The number of ether oxygens (including phenoxy) is 1. The lowest BCUT2D eigenvalue weighted by Crippen LogP contribution is -2.01. The molecule has 0 fully saturated rings. The van der Waals surface area contributed by atoms with Crippen molar-refractivity contribution in [3.8, 4) is 0 Å². The topological polar surface area (TPSA) is 26.3 Å². The molecule has 96 valence electrons. The first-order chi connectivity index (χ1) is 8.31. The summed E-state index contributed by atoms with van der Waals surface area (Å²) in [5, 5.41) is 0. The summed E-state index contributed by atoms with van der Waals surface area (Å²) in [7, 11) is 0. The molecule has 0 aliphatic carbocycles. The van der Waals surface area contributed by atoms with E-state index in [0.29, 0.717) is 6.61 Å². The van der Waals surface area contributed by atoms with Crippen LogP contribution in [0.3, 0.4) is 0 Å². The molecular weight excluding hydrogens is 212 g/mol. The van der Waals surface area contributed by atoms with E-state index in [-0.39, 0.29) is 5.97 Å². The number of allylic oxidation sites excluding steroid dienone is 4. The van der Waals surface area contributed by atoms with E-state index in [0.717, 1.165) is 19.3 Å². The van der Waals surface area contributed by atoms with Crippen LogP contribution >= 0.6 is 0 Å². The second-order valence-corrected chi connectivity index (χ2v) is 3.88. The molecule has 0 heterocycles. The van der Waals surface area contributed by atoms with Gasteiger partial charge in [0.05, 0.1) is 6.61 Å². The standard InChI is InChI=1S/C15H24O2/c1-3-5-6-7-8-9-10-11-12-13-14-17-15(16)4-2/h3-7H,2,8-14H2,1H3. The summed E-state index contributed by atoms with van der Waals surface area (Å²) in [6.07, 6.45) is 16.5. The van der Waals surface area contributed by atoms with Crippen LogP contribution in [0, 0.1) is 0 Å².